The lowest BCUT2D eigenvalue weighted by atomic mass is 9.75. The number of rotatable bonds is 9. The second kappa shape index (κ2) is 13.7. The van der Waals surface area contributed by atoms with E-state index in [1.54, 1.807) is 13.2 Å². The van der Waals surface area contributed by atoms with Gasteiger partial charge >= 0.3 is 6.18 Å². The third kappa shape index (κ3) is 10.4. The molecule has 0 heterocycles. The number of aryl methyl sites for hydroxylation is 1. The van der Waals surface area contributed by atoms with Crippen molar-refractivity contribution in [2.45, 2.75) is 96.6 Å². The Hall–Kier alpha value is -1.12. The van der Waals surface area contributed by atoms with Crippen molar-refractivity contribution >= 4 is 11.0 Å². The molecule has 2 unspecified atom stereocenters. The second-order valence-electron chi connectivity index (χ2n) is 9.34. The highest BCUT2D eigenvalue weighted by molar-refractivity contribution is 7.84. The van der Waals surface area contributed by atoms with E-state index in [9.17, 15) is 17.4 Å². The zero-order valence-corrected chi connectivity index (χ0v) is 22.0. The van der Waals surface area contributed by atoms with Crippen LogP contribution in [0.5, 0.6) is 5.75 Å². The summed E-state index contributed by atoms with van der Waals surface area (Å²) in [6, 6.07) is 5.47. The Kier molecular flexibility index (Phi) is 12.4. The van der Waals surface area contributed by atoms with E-state index in [0.717, 1.165) is 36.8 Å². The zero-order chi connectivity index (χ0) is 25.2. The van der Waals surface area contributed by atoms with Crippen LogP contribution < -0.4 is 9.46 Å². The molecule has 4 nitrogen and oxygen atoms in total. The Morgan fingerprint density at radius 2 is 1.73 bits per heavy atom. The molecule has 1 N–H and O–H groups in total. The first-order valence-corrected chi connectivity index (χ1v) is 13.0. The average Bonchev–Trinajstić information content (AvgIpc) is 2.76. The van der Waals surface area contributed by atoms with Gasteiger partial charge in [0.05, 0.1) is 34.9 Å². The van der Waals surface area contributed by atoms with Gasteiger partial charge in [-0.25, -0.2) is 8.93 Å². The molecule has 0 radical (unpaired) electrons. The van der Waals surface area contributed by atoms with E-state index in [2.05, 4.69) is 4.72 Å². The number of methoxy groups -OCH3 is 1. The van der Waals surface area contributed by atoms with Crippen LogP contribution in [0.1, 0.15) is 83.8 Å². The molecule has 0 spiro atoms. The van der Waals surface area contributed by atoms with Crippen LogP contribution in [-0.4, -0.2) is 41.5 Å². The molecule has 0 bridgehead atoms. The normalized spacial score (nSPS) is 21.0. The monoisotopic (exact) mass is 493 g/mol. The Bertz CT molecular complexity index is 727. The third-order valence-corrected chi connectivity index (χ3v) is 7.46. The minimum absolute atomic E-state index is 0.0928. The van der Waals surface area contributed by atoms with Crippen molar-refractivity contribution in [1.82, 2.24) is 4.72 Å². The first kappa shape index (κ1) is 29.9. The van der Waals surface area contributed by atoms with Gasteiger partial charge in [-0.1, -0.05) is 19.9 Å². The lowest BCUT2D eigenvalue weighted by Gasteiger charge is -2.35. The van der Waals surface area contributed by atoms with E-state index in [1.165, 1.54) is 0 Å². The zero-order valence-electron chi connectivity index (χ0n) is 21.2. The van der Waals surface area contributed by atoms with Crippen LogP contribution in [0.15, 0.2) is 18.2 Å². The van der Waals surface area contributed by atoms with Gasteiger partial charge < -0.3 is 9.47 Å². The van der Waals surface area contributed by atoms with E-state index in [4.69, 9.17) is 9.47 Å². The maximum atomic E-state index is 12.6. The maximum Gasteiger partial charge on any atom is 0.392 e. The Morgan fingerprint density at radius 3 is 2.24 bits per heavy atom. The second-order valence-corrected chi connectivity index (χ2v) is 11.4. The summed E-state index contributed by atoms with van der Waals surface area (Å²) in [5, 5.41) is 0. The summed E-state index contributed by atoms with van der Waals surface area (Å²) in [6.45, 7) is 11.9. The van der Waals surface area contributed by atoms with Crippen molar-refractivity contribution in [2.75, 3.05) is 20.3 Å². The number of hydrogen-bond acceptors (Lipinski definition) is 3. The first-order chi connectivity index (χ1) is 15.4. The molecule has 1 aliphatic rings. The van der Waals surface area contributed by atoms with Crippen LogP contribution in [-0.2, 0) is 15.7 Å². The highest BCUT2D eigenvalue weighted by Crippen LogP contribution is 2.39. The molecule has 1 aromatic carbocycles. The summed E-state index contributed by atoms with van der Waals surface area (Å²) in [6.07, 6.45) is -1.02. The Morgan fingerprint density at radius 1 is 1.12 bits per heavy atom. The Balaban J connectivity index is 0.00000265. The molecule has 0 aliphatic heterocycles. The van der Waals surface area contributed by atoms with Crippen LogP contribution in [0.25, 0.3) is 0 Å². The fourth-order valence-corrected chi connectivity index (χ4v) is 4.80. The van der Waals surface area contributed by atoms with Gasteiger partial charge in [0.25, 0.3) is 0 Å². The van der Waals surface area contributed by atoms with Gasteiger partial charge in [0.15, 0.2) is 0 Å². The van der Waals surface area contributed by atoms with E-state index in [-0.39, 0.29) is 16.8 Å². The van der Waals surface area contributed by atoms with Crippen molar-refractivity contribution in [1.29, 1.82) is 0 Å². The fourth-order valence-electron chi connectivity index (χ4n) is 4.03. The smallest absolute Gasteiger partial charge is 0.392 e. The van der Waals surface area contributed by atoms with E-state index in [1.807, 2.05) is 53.7 Å². The summed E-state index contributed by atoms with van der Waals surface area (Å²) in [4.78, 5) is 0. The molecular formula is C25H42F3NO3S. The number of benzene rings is 1. The first-order valence-electron chi connectivity index (χ1n) is 11.9. The molecule has 1 aliphatic carbocycles. The molecule has 2 atom stereocenters. The maximum absolute atomic E-state index is 12.6. The van der Waals surface area contributed by atoms with Crippen LogP contribution in [0.2, 0.25) is 0 Å². The standard InChI is InChI=1S/C23H36F3NO3S.C2H6/c1-16-6-9-19(30-13-12-23(24,25)26)14-20(16)21(15-27-31(28)22(2,3)4)17-7-10-18(29-5)11-8-17;1-2/h6,9,14,17-18,21,27H,7-8,10-13,15H2,1-5H3;1-2H3. The minimum Gasteiger partial charge on any atom is -0.493 e. The van der Waals surface area contributed by atoms with Crippen LogP contribution >= 0.6 is 0 Å². The van der Waals surface area contributed by atoms with Crippen molar-refractivity contribution in [3.63, 3.8) is 0 Å². The number of hydrogen-bond donors (Lipinski definition) is 1. The molecule has 1 fully saturated rings. The quantitative estimate of drug-likeness (QED) is 0.417. The molecule has 1 saturated carbocycles. The van der Waals surface area contributed by atoms with Crippen molar-refractivity contribution in [3.8, 4) is 5.75 Å². The lowest BCUT2D eigenvalue weighted by Crippen LogP contribution is -2.38. The summed E-state index contributed by atoms with van der Waals surface area (Å²) in [5.74, 6) is 0.910. The molecule has 0 aromatic heterocycles. The molecule has 8 heteroatoms. The van der Waals surface area contributed by atoms with Gasteiger partial charge in [-0.05, 0) is 82.6 Å². The van der Waals surface area contributed by atoms with Gasteiger partial charge in [-0.15, -0.1) is 0 Å². The predicted molar refractivity (Wildman–Crippen MR) is 130 cm³/mol. The van der Waals surface area contributed by atoms with Gasteiger partial charge in [0, 0.05) is 19.6 Å². The molecule has 33 heavy (non-hydrogen) atoms. The van der Waals surface area contributed by atoms with Gasteiger partial charge in [0.1, 0.15) is 5.75 Å². The molecule has 0 saturated heterocycles. The van der Waals surface area contributed by atoms with Crippen molar-refractivity contribution in [2.24, 2.45) is 5.92 Å². The number of halogens is 3. The molecule has 192 valence electrons. The topological polar surface area (TPSA) is 47.6 Å². The largest absolute Gasteiger partial charge is 0.493 e. The summed E-state index contributed by atoms with van der Waals surface area (Å²) in [7, 11) is 0.536. The lowest BCUT2D eigenvalue weighted by molar-refractivity contribution is -0.139. The van der Waals surface area contributed by atoms with Crippen LogP contribution in [0.3, 0.4) is 0 Å². The number of nitrogens with one attached hydrogen (secondary N) is 1. The third-order valence-electron chi connectivity index (χ3n) is 5.92. The fraction of sp³-hybridized carbons (Fsp3) is 0.760. The molecular weight excluding hydrogens is 451 g/mol. The van der Waals surface area contributed by atoms with Gasteiger partial charge in [-0.2, -0.15) is 13.2 Å². The summed E-state index contributed by atoms with van der Waals surface area (Å²) in [5.41, 5.74) is 2.11. The van der Waals surface area contributed by atoms with Gasteiger partial charge in [0.2, 0.25) is 0 Å². The molecule has 2 rings (SSSR count). The SMILES string of the molecule is CC.COC1CCC(C(CNS(=O)C(C)(C)C)c2cc(OCCC(F)(F)F)ccc2C)CC1. The van der Waals surface area contributed by atoms with Crippen LogP contribution in [0.4, 0.5) is 13.2 Å². The summed E-state index contributed by atoms with van der Waals surface area (Å²) >= 11 is 0. The van der Waals surface area contributed by atoms with E-state index >= 15 is 0 Å². The van der Waals surface area contributed by atoms with Crippen LogP contribution in [0, 0.1) is 12.8 Å². The van der Waals surface area contributed by atoms with Crippen molar-refractivity contribution < 1.29 is 26.9 Å². The molecule has 0 amide bonds. The Labute approximate surface area is 200 Å². The molecule has 1 aromatic rings. The summed E-state index contributed by atoms with van der Waals surface area (Å²) < 4.78 is 63.8. The van der Waals surface area contributed by atoms with E-state index < -0.39 is 30.2 Å². The number of ether oxygens (including phenoxy) is 2. The number of alkyl halides is 3. The minimum atomic E-state index is -4.24. The van der Waals surface area contributed by atoms with Gasteiger partial charge in [-0.3, -0.25) is 0 Å². The average molecular weight is 494 g/mol. The highest BCUT2D eigenvalue weighted by Gasteiger charge is 2.31. The highest BCUT2D eigenvalue weighted by atomic mass is 32.2. The predicted octanol–water partition coefficient (Wildman–Crippen LogP) is 6.69. The van der Waals surface area contributed by atoms with Crippen molar-refractivity contribution in [3.05, 3.63) is 29.3 Å². The van der Waals surface area contributed by atoms with E-state index in [0.29, 0.717) is 18.2 Å².